The molecule has 1 aromatic heterocycles. The molecule has 0 aliphatic carbocycles. The molecule has 0 saturated heterocycles. The van der Waals surface area contributed by atoms with Crippen LogP contribution >= 0.6 is 0 Å². The number of aromatic nitrogens is 1. The predicted octanol–water partition coefficient (Wildman–Crippen LogP) is -0.308. The van der Waals surface area contributed by atoms with Gasteiger partial charge in [0, 0.05) is 6.20 Å². The third-order valence-electron chi connectivity index (χ3n) is 1.23. The second kappa shape index (κ2) is 3.01. The first-order valence-corrected chi connectivity index (χ1v) is 3.17. The van der Waals surface area contributed by atoms with Gasteiger partial charge in [0.15, 0.2) is 0 Å². The van der Waals surface area contributed by atoms with Crippen LogP contribution in [-0.4, -0.2) is 10.9 Å². The van der Waals surface area contributed by atoms with E-state index in [9.17, 15) is 4.79 Å². The van der Waals surface area contributed by atoms with E-state index in [-0.39, 0.29) is 12.3 Å². The van der Waals surface area contributed by atoms with Crippen LogP contribution in [0.4, 0.5) is 5.82 Å². The van der Waals surface area contributed by atoms with Gasteiger partial charge in [-0.15, -0.1) is 0 Å². The van der Waals surface area contributed by atoms with Crippen molar-refractivity contribution in [3.8, 4) is 0 Å². The van der Waals surface area contributed by atoms with Gasteiger partial charge in [0.25, 0.3) is 0 Å². The summed E-state index contributed by atoms with van der Waals surface area (Å²) >= 11 is 0. The van der Waals surface area contributed by atoms with Crippen LogP contribution in [0.25, 0.3) is 0 Å². The van der Waals surface area contributed by atoms with Crippen molar-refractivity contribution in [2.75, 3.05) is 5.73 Å². The molecule has 0 aliphatic heterocycles. The number of carbonyl (C=O) groups is 1. The maximum Gasteiger partial charge on any atom is 0.221 e. The number of hydrogen-bond acceptors (Lipinski definition) is 3. The second-order valence-corrected chi connectivity index (χ2v) is 2.23. The molecule has 58 valence electrons. The number of anilines is 1. The van der Waals surface area contributed by atoms with Gasteiger partial charge in [-0.3, -0.25) is 4.79 Å². The summed E-state index contributed by atoms with van der Waals surface area (Å²) in [5.41, 5.74) is 11.1. The molecule has 0 aromatic carbocycles. The minimum absolute atomic E-state index is 0.216. The highest BCUT2D eigenvalue weighted by atomic mass is 16.1. The van der Waals surface area contributed by atoms with Crippen molar-refractivity contribution in [2.45, 2.75) is 6.42 Å². The Morgan fingerprint density at radius 3 is 2.73 bits per heavy atom. The Bertz CT molecular complexity index is 255. The van der Waals surface area contributed by atoms with Crippen molar-refractivity contribution in [3.63, 3.8) is 0 Å². The number of nitrogens with zero attached hydrogens (tertiary/aromatic N) is 1. The Kier molecular flexibility index (Phi) is 2.06. The van der Waals surface area contributed by atoms with Crippen molar-refractivity contribution >= 4 is 11.7 Å². The van der Waals surface area contributed by atoms with Gasteiger partial charge in [0.1, 0.15) is 5.82 Å². The van der Waals surface area contributed by atoms with Crippen LogP contribution in [0.3, 0.4) is 0 Å². The van der Waals surface area contributed by atoms with Crippen LogP contribution in [-0.2, 0) is 11.2 Å². The average Bonchev–Trinajstić information content (AvgIpc) is 1.93. The van der Waals surface area contributed by atoms with Gasteiger partial charge in [-0.05, 0) is 11.6 Å². The largest absolute Gasteiger partial charge is 0.384 e. The zero-order valence-electron chi connectivity index (χ0n) is 5.95. The Hall–Kier alpha value is -1.58. The lowest BCUT2D eigenvalue weighted by molar-refractivity contribution is -0.117. The lowest BCUT2D eigenvalue weighted by Gasteiger charge is -1.96. The number of nitrogens with two attached hydrogens (primary N) is 2. The van der Waals surface area contributed by atoms with E-state index in [1.54, 1.807) is 18.3 Å². The summed E-state index contributed by atoms with van der Waals surface area (Å²) < 4.78 is 0. The van der Waals surface area contributed by atoms with E-state index in [4.69, 9.17) is 11.5 Å². The van der Waals surface area contributed by atoms with E-state index in [2.05, 4.69) is 4.98 Å². The Morgan fingerprint density at radius 1 is 1.55 bits per heavy atom. The number of amides is 1. The minimum Gasteiger partial charge on any atom is -0.384 e. The molecule has 0 fully saturated rings. The van der Waals surface area contributed by atoms with E-state index in [1.165, 1.54) is 0 Å². The fourth-order valence-corrected chi connectivity index (χ4v) is 0.742. The lowest BCUT2D eigenvalue weighted by Crippen LogP contribution is -2.13. The molecule has 1 rings (SSSR count). The van der Waals surface area contributed by atoms with Crippen molar-refractivity contribution in [2.24, 2.45) is 5.73 Å². The first-order valence-electron chi connectivity index (χ1n) is 3.17. The van der Waals surface area contributed by atoms with E-state index >= 15 is 0 Å². The molecule has 0 bridgehead atoms. The predicted molar refractivity (Wildman–Crippen MR) is 41.5 cm³/mol. The van der Waals surface area contributed by atoms with E-state index in [0.717, 1.165) is 5.56 Å². The fraction of sp³-hybridized carbons (Fsp3) is 0.143. The number of rotatable bonds is 2. The molecule has 4 N–H and O–H groups in total. The maximum absolute atomic E-state index is 10.4. The molecule has 0 radical (unpaired) electrons. The number of carbonyl (C=O) groups excluding carboxylic acids is 1. The zero-order valence-corrected chi connectivity index (χ0v) is 5.95. The third kappa shape index (κ3) is 2.25. The normalized spacial score (nSPS) is 9.45. The molecule has 0 aliphatic rings. The van der Waals surface area contributed by atoms with Crippen LogP contribution in [0.15, 0.2) is 18.3 Å². The summed E-state index contributed by atoms with van der Waals surface area (Å²) in [6.45, 7) is 0. The summed E-state index contributed by atoms with van der Waals surface area (Å²) in [6.07, 6.45) is 1.76. The van der Waals surface area contributed by atoms with E-state index in [1.807, 2.05) is 0 Å². The molecule has 1 aromatic rings. The monoisotopic (exact) mass is 151 g/mol. The van der Waals surface area contributed by atoms with Crippen LogP contribution < -0.4 is 11.5 Å². The lowest BCUT2D eigenvalue weighted by atomic mass is 10.2. The molecule has 11 heavy (non-hydrogen) atoms. The Labute approximate surface area is 64.2 Å². The molecule has 1 heterocycles. The van der Waals surface area contributed by atoms with Gasteiger partial charge >= 0.3 is 0 Å². The summed E-state index contributed by atoms with van der Waals surface area (Å²) in [4.78, 5) is 14.2. The molecule has 0 saturated carbocycles. The van der Waals surface area contributed by atoms with Crippen LogP contribution in [0.1, 0.15) is 5.56 Å². The highest BCUT2D eigenvalue weighted by Gasteiger charge is 1.97. The highest BCUT2D eigenvalue weighted by Crippen LogP contribution is 2.00. The second-order valence-electron chi connectivity index (χ2n) is 2.23. The van der Waals surface area contributed by atoms with Crippen molar-refractivity contribution in [1.29, 1.82) is 0 Å². The molecule has 0 spiro atoms. The highest BCUT2D eigenvalue weighted by molar-refractivity contribution is 5.76. The van der Waals surface area contributed by atoms with Gasteiger partial charge in [0.05, 0.1) is 6.42 Å². The summed E-state index contributed by atoms with van der Waals surface area (Å²) in [7, 11) is 0. The van der Waals surface area contributed by atoms with Crippen LogP contribution in [0.5, 0.6) is 0 Å². The van der Waals surface area contributed by atoms with Crippen LogP contribution in [0.2, 0.25) is 0 Å². The number of pyridine rings is 1. The summed E-state index contributed by atoms with van der Waals surface area (Å²) in [6, 6.07) is 3.37. The topological polar surface area (TPSA) is 82.0 Å². The van der Waals surface area contributed by atoms with E-state index < -0.39 is 0 Å². The van der Waals surface area contributed by atoms with Crippen molar-refractivity contribution in [1.82, 2.24) is 4.98 Å². The standard InChI is InChI=1S/C7H9N3O/c8-6-2-1-5(4-10-6)3-7(9)11/h1-2,4H,3H2,(H2,8,10)(H2,9,11). The molecule has 0 unspecified atom stereocenters. The summed E-state index contributed by atoms with van der Waals surface area (Å²) in [5, 5.41) is 0. The van der Waals surface area contributed by atoms with Crippen molar-refractivity contribution in [3.05, 3.63) is 23.9 Å². The summed E-state index contributed by atoms with van der Waals surface area (Å²) in [5.74, 6) is 0.0785. The SMILES string of the molecule is NC(=O)Cc1ccc(N)nc1. The Morgan fingerprint density at radius 2 is 2.27 bits per heavy atom. The average molecular weight is 151 g/mol. The van der Waals surface area contributed by atoms with Gasteiger partial charge < -0.3 is 11.5 Å². The molecular weight excluding hydrogens is 142 g/mol. The molecule has 4 nitrogen and oxygen atoms in total. The molecule has 4 heteroatoms. The Balaban J connectivity index is 2.74. The zero-order chi connectivity index (χ0) is 8.27. The maximum atomic E-state index is 10.4. The smallest absolute Gasteiger partial charge is 0.221 e. The fourth-order valence-electron chi connectivity index (χ4n) is 0.742. The van der Waals surface area contributed by atoms with Gasteiger partial charge in [-0.2, -0.15) is 0 Å². The third-order valence-corrected chi connectivity index (χ3v) is 1.23. The van der Waals surface area contributed by atoms with Crippen LogP contribution in [0, 0.1) is 0 Å². The van der Waals surface area contributed by atoms with Gasteiger partial charge in [0.2, 0.25) is 5.91 Å². The van der Waals surface area contributed by atoms with Crippen molar-refractivity contribution < 1.29 is 4.79 Å². The molecule has 0 atom stereocenters. The van der Waals surface area contributed by atoms with Gasteiger partial charge in [-0.25, -0.2) is 4.98 Å². The van der Waals surface area contributed by atoms with E-state index in [0.29, 0.717) is 5.82 Å². The molecule has 1 amide bonds. The minimum atomic E-state index is -0.364. The number of hydrogen-bond donors (Lipinski definition) is 2. The first-order chi connectivity index (χ1) is 5.18. The van der Waals surface area contributed by atoms with Gasteiger partial charge in [-0.1, -0.05) is 6.07 Å². The number of primary amides is 1. The number of nitrogen functional groups attached to an aromatic ring is 1. The molecular formula is C7H9N3O. The first kappa shape index (κ1) is 7.53. The quantitative estimate of drug-likeness (QED) is 0.608.